The van der Waals surface area contributed by atoms with Gasteiger partial charge in [0, 0.05) is 11.7 Å². The minimum atomic E-state index is -4.72. The highest BCUT2D eigenvalue weighted by Crippen LogP contribution is 2.32. The SMILES string of the molecule is CC(NC(=O)Nc1ccc(OC(F)(F)F)cc1)C1CC1. The maximum atomic E-state index is 12.0. The van der Waals surface area contributed by atoms with Gasteiger partial charge in [-0.25, -0.2) is 4.79 Å². The molecule has 0 aliphatic heterocycles. The van der Waals surface area contributed by atoms with E-state index in [1.54, 1.807) is 0 Å². The molecule has 2 rings (SSSR count). The van der Waals surface area contributed by atoms with E-state index in [0.29, 0.717) is 11.6 Å². The molecule has 1 aliphatic carbocycles. The maximum Gasteiger partial charge on any atom is 0.573 e. The minimum Gasteiger partial charge on any atom is -0.406 e. The summed E-state index contributed by atoms with van der Waals surface area (Å²) < 4.78 is 39.7. The predicted octanol–water partition coefficient (Wildman–Crippen LogP) is 3.51. The Bertz CT molecular complexity index is 469. The molecular weight excluding hydrogens is 273 g/mol. The third kappa shape index (κ3) is 4.64. The molecule has 7 heteroatoms. The molecule has 0 bridgehead atoms. The molecule has 0 spiro atoms. The number of urea groups is 1. The van der Waals surface area contributed by atoms with Gasteiger partial charge in [0.1, 0.15) is 5.75 Å². The van der Waals surface area contributed by atoms with E-state index in [9.17, 15) is 18.0 Å². The summed E-state index contributed by atoms with van der Waals surface area (Å²) in [6.45, 7) is 1.93. The van der Waals surface area contributed by atoms with Gasteiger partial charge in [0.2, 0.25) is 0 Å². The average molecular weight is 288 g/mol. The highest BCUT2D eigenvalue weighted by Gasteiger charge is 2.31. The van der Waals surface area contributed by atoms with Gasteiger partial charge in [0.05, 0.1) is 0 Å². The van der Waals surface area contributed by atoms with E-state index in [0.717, 1.165) is 25.0 Å². The fourth-order valence-electron chi connectivity index (χ4n) is 1.83. The van der Waals surface area contributed by atoms with Crippen molar-refractivity contribution in [2.45, 2.75) is 32.2 Å². The zero-order valence-corrected chi connectivity index (χ0v) is 10.8. The number of alkyl halides is 3. The van der Waals surface area contributed by atoms with Gasteiger partial charge in [0.15, 0.2) is 0 Å². The summed E-state index contributed by atoms with van der Waals surface area (Å²) in [6, 6.07) is 4.72. The number of hydrogen-bond donors (Lipinski definition) is 2. The van der Waals surface area contributed by atoms with Crippen LogP contribution in [0.1, 0.15) is 19.8 Å². The third-order valence-corrected chi connectivity index (χ3v) is 3.03. The molecule has 1 atom stereocenters. The van der Waals surface area contributed by atoms with E-state index < -0.39 is 6.36 Å². The van der Waals surface area contributed by atoms with Crippen LogP contribution in [0.2, 0.25) is 0 Å². The van der Waals surface area contributed by atoms with E-state index in [-0.39, 0.29) is 17.8 Å². The molecule has 2 N–H and O–H groups in total. The van der Waals surface area contributed by atoms with Gasteiger partial charge < -0.3 is 15.4 Å². The highest BCUT2D eigenvalue weighted by molar-refractivity contribution is 5.89. The molecule has 1 fully saturated rings. The van der Waals surface area contributed by atoms with Crippen LogP contribution in [0.15, 0.2) is 24.3 Å². The van der Waals surface area contributed by atoms with Gasteiger partial charge in [-0.3, -0.25) is 0 Å². The highest BCUT2D eigenvalue weighted by atomic mass is 19.4. The lowest BCUT2D eigenvalue weighted by atomic mass is 10.2. The number of anilines is 1. The Balaban J connectivity index is 1.85. The van der Waals surface area contributed by atoms with Crippen molar-refractivity contribution in [2.24, 2.45) is 5.92 Å². The summed E-state index contributed by atoms with van der Waals surface area (Å²) in [6.07, 6.45) is -2.48. The number of nitrogens with one attached hydrogen (secondary N) is 2. The van der Waals surface area contributed by atoms with Crippen LogP contribution in [0.25, 0.3) is 0 Å². The average Bonchev–Trinajstić information content (AvgIpc) is 3.13. The first kappa shape index (κ1) is 14.5. The molecule has 1 aromatic rings. The Morgan fingerprint density at radius 1 is 1.30 bits per heavy atom. The molecule has 4 nitrogen and oxygen atoms in total. The molecule has 0 radical (unpaired) electrons. The van der Waals surface area contributed by atoms with E-state index in [1.807, 2.05) is 6.92 Å². The summed E-state index contributed by atoms with van der Waals surface area (Å²) in [5.41, 5.74) is 0.403. The van der Waals surface area contributed by atoms with Gasteiger partial charge in [-0.15, -0.1) is 13.2 Å². The summed E-state index contributed by atoms with van der Waals surface area (Å²) in [4.78, 5) is 11.6. The number of carbonyl (C=O) groups excluding carboxylic acids is 1. The van der Waals surface area contributed by atoms with Crippen LogP contribution in [0.4, 0.5) is 23.7 Å². The molecule has 2 amide bonds. The van der Waals surface area contributed by atoms with Crippen LogP contribution in [-0.4, -0.2) is 18.4 Å². The molecule has 1 saturated carbocycles. The van der Waals surface area contributed by atoms with Crippen LogP contribution in [0.3, 0.4) is 0 Å². The van der Waals surface area contributed by atoms with Crippen molar-refractivity contribution >= 4 is 11.7 Å². The fourth-order valence-corrected chi connectivity index (χ4v) is 1.83. The van der Waals surface area contributed by atoms with Crippen molar-refractivity contribution < 1.29 is 22.7 Å². The van der Waals surface area contributed by atoms with Crippen molar-refractivity contribution in [3.05, 3.63) is 24.3 Å². The lowest BCUT2D eigenvalue weighted by Gasteiger charge is -2.14. The van der Waals surface area contributed by atoms with Crippen LogP contribution >= 0.6 is 0 Å². The van der Waals surface area contributed by atoms with Gasteiger partial charge in [0.25, 0.3) is 0 Å². The van der Waals surface area contributed by atoms with Crippen LogP contribution in [-0.2, 0) is 0 Å². The largest absolute Gasteiger partial charge is 0.573 e. The summed E-state index contributed by atoms with van der Waals surface area (Å²) in [5, 5.41) is 5.34. The Labute approximate surface area is 114 Å². The van der Waals surface area contributed by atoms with Crippen molar-refractivity contribution in [2.75, 3.05) is 5.32 Å². The van der Waals surface area contributed by atoms with Crippen LogP contribution in [0, 0.1) is 5.92 Å². The molecule has 0 aromatic heterocycles. The Morgan fingerprint density at radius 2 is 1.90 bits per heavy atom. The number of carbonyl (C=O) groups is 1. The second-order valence-corrected chi connectivity index (χ2v) is 4.80. The number of halogens is 3. The Morgan fingerprint density at radius 3 is 2.40 bits per heavy atom. The molecule has 0 saturated heterocycles. The summed E-state index contributed by atoms with van der Waals surface area (Å²) in [7, 11) is 0. The van der Waals surface area contributed by atoms with E-state index in [1.165, 1.54) is 12.1 Å². The van der Waals surface area contributed by atoms with Gasteiger partial charge in [-0.2, -0.15) is 0 Å². The van der Waals surface area contributed by atoms with Gasteiger partial charge in [-0.05, 0) is 49.9 Å². The first-order chi connectivity index (χ1) is 9.33. The number of amides is 2. The first-order valence-corrected chi connectivity index (χ1v) is 6.27. The number of hydrogen-bond acceptors (Lipinski definition) is 2. The van der Waals surface area contributed by atoms with Crippen molar-refractivity contribution in [1.82, 2.24) is 5.32 Å². The zero-order valence-electron chi connectivity index (χ0n) is 10.8. The summed E-state index contributed by atoms with van der Waals surface area (Å²) >= 11 is 0. The molecule has 110 valence electrons. The molecule has 20 heavy (non-hydrogen) atoms. The Kier molecular flexibility index (Phi) is 4.06. The quantitative estimate of drug-likeness (QED) is 0.890. The number of rotatable bonds is 4. The molecule has 1 aliphatic rings. The first-order valence-electron chi connectivity index (χ1n) is 6.27. The molecule has 1 unspecified atom stereocenters. The van der Waals surface area contributed by atoms with Gasteiger partial charge in [-0.1, -0.05) is 0 Å². The third-order valence-electron chi connectivity index (χ3n) is 3.03. The fraction of sp³-hybridized carbons (Fsp3) is 0.462. The van der Waals surface area contributed by atoms with E-state index in [4.69, 9.17) is 0 Å². The minimum absolute atomic E-state index is 0.0998. The van der Waals surface area contributed by atoms with E-state index >= 15 is 0 Å². The number of benzene rings is 1. The second kappa shape index (κ2) is 5.60. The van der Waals surface area contributed by atoms with Gasteiger partial charge >= 0.3 is 12.4 Å². The lowest BCUT2D eigenvalue weighted by Crippen LogP contribution is -2.37. The van der Waals surface area contributed by atoms with Crippen LogP contribution < -0.4 is 15.4 Å². The maximum absolute atomic E-state index is 12.0. The monoisotopic (exact) mass is 288 g/mol. The standard InChI is InChI=1S/C13H15F3N2O2/c1-8(9-2-3-9)17-12(19)18-10-4-6-11(7-5-10)20-13(14,15)16/h4-9H,2-3H2,1H3,(H2,17,18,19). The normalized spacial score (nSPS) is 16.4. The lowest BCUT2D eigenvalue weighted by molar-refractivity contribution is -0.274. The molecular formula is C13H15F3N2O2. The molecule has 1 aromatic carbocycles. The van der Waals surface area contributed by atoms with Crippen molar-refractivity contribution in [3.63, 3.8) is 0 Å². The Hall–Kier alpha value is -1.92. The van der Waals surface area contributed by atoms with Crippen LogP contribution in [0.5, 0.6) is 5.75 Å². The number of ether oxygens (including phenoxy) is 1. The van der Waals surface area contributed by atoms with E-state index in [2.05, 4.69) is 15.4 Å². The van der Waals surface area contributed by atoms with Crippen molar-refractivity contribution in [1.29, 1.82) is 0 Å². The zero-order chi connectivity index (χ0) is 14.8. The smallest absolute Gasteiger partial charge is 0.406 e. The molecule has 0 heterocycles. The van der Waals surface area contributed by atoms with Crippen molar-refractivity contribution in [3.8, 4) is 5.75 Å². The second-order valence-electron chi connectivity index (χ2n) is 4.80. The predicted molar refractivity (Wildman–Crippen MR) is 67.5 cm³/mol. The topological polar surface area (TPSA) is 50.4 Å². The summed E-state index contributed by atoms with van der Waals surface area (Å²) in [5.74, 6) is 0.207.